The van der Waals surface area contributed by atoms with E-state index in [1.165, 1.54) is 6.92 Å². The van der Waals surface area contributed by atoms with Gasteiger partial charge in [-0.15, -0.1) is 0 Å². The molecule has 0 bridgehead atoms. The Balaban J connectivity index is 3.24. The standard InChI is InChI=1S/C10H13FN2O4/c1-5-2-7(11)6(3-8(5)13(16)17)10(15)9(14)4-12/h2-3,9-10,14-15H,4,12H2,1H3. The maximum atomic E-state index is 13.5. The minimum Gasteiger partial charge on any atom is -0.389 e. The lowest BCUT2D eigenvalue weighted by molar-refractivity contribution is -0.385. The molecule has 0 aliphatic heterocycles. The summed E-state index contributed by atoms with van der Waals surface area (Å²) in [7, 11) is 0. The summed E-state index contributed by atoms with van der Waals surface area (Å²) in [5.41, 5.74) is 4.62. The van der Waals surface area contributed by atoms with Gasteiger partial charge in [-0.3, -0.25) is 10.1 Å². The number of hydrogen-bond donors (Lipinski definition) is 3. The zero-order valence-electron chi connectivity index (χ0n) is 9.13. The summed E-state index contributed by atoms with van der Waals surface area (Å²) in [5.74, 6) is -0.812. The first-order chi connectivity index (χ1) is 7.88. The van der Waals surface area contributed by atoms with E-state index in [2.05, 4.69) is 0 Å². The number of halogens is 1. The van der Waals surface area contributed by atoms with E-state index < -0.39 is 22.9 Å². The van der Waals surface area contributed by atoms with Crippen molar-refractivity contribution in [3.8, 4) is 0 Å². The van der Waals surface area contributed by atoms with E-state index in [1.54, 1.807) is 0 Å². The molecular formula is C10H13FN2O4. The number of benzene rings is 1. The van der Waals surface area contributed by atoms with E-state index >= 15 is 0 Å². The number of aliphatic hydroxyl groups excluding tert-OH is 2. The molecule has 0 amide bonds. The Morgan fingerprint density at radius 3 is 2.59 bits per heavy atom. The van der Waals surface area contributed by atoms with Crippen LogP contribution in [0.3, 0.4) is 0 Å². The first-order valence-electron chi connectivity index (χ1n) is 4.89. The van der Waals surface area contributed by atoms with Gasteiger partial charge in [0.15, 0.2) is 0 Å². The van der Waals surface area contributed by atoms with Crippen LogP contribution in [0.1, 0.15) is 17.2 Å². The number of nitro benzene ring substituents is 1. The monoisotopic (exact) mass is 244 g/mol. The number of hydrogen-bond acceptors (Lipinski definition) is 5. The SMILES string of the molecule is Cc1cc(F)c(C(O)C(O)CN)cc1[N+](=O)[O-]. The van der Waals surface area contributed by atoms with Crippen LogP contribution in [-0.2, 0) is 0 Å². The molecule has 7 heteroatoms. The van der Waals surface area contributed by atoms with Crippen molar-refractivity contribution in [3.05, 3.63) is 39.2 Å². The molecule has 2 atom stereocenters. The van der Waals surface area contributed by atoms with Crippen molar-refractivity contribution < 1.29 is 19.5 Å². The van der Waals surface area contributed by atoms with Crippen LogP contribution in [0.5, 0.6) is 0 Å². The Bertz CT molecular complexity index is 439. The summed E-state index contributed by atoms with van der Waals surface area (Å²) in [6.07, 6.45) is -2.95. The predicted molar refractivity (Wildman–Crippen MR) is 57.8 cm³/mol. The van der Waals surface area contributed by atoms with Crippen LogP contribution in [0.15, 0.2) is 12.1 Å². The molecule has 4 N–H and O–H groups in total. The van der Waals surface area contributed by atoms with Gasteiger partial charge in [0.05, 0.1) is 11.0 Å². The average molecular weight is 244 g/mol. The number of nitrogens with zero attached hydrogens (tertiary/aromatic N) is 1. The van der Waals surface area contributed by atoms with Gasteiger partial charge in [-0.25, -0.2) is 4.39 Å². The van der Waals surface area contributed by atoms with E-state index in [9.17, 15) is 24.7 Å². The smallest absolute Gasteiger partial charge is 0.272 e. The zero-order valence-corrected chi connectivity index (χ0v) is 9.13. The third-order valence-electron chi connectivity index (χ3n) is 2.44. The molecule has 0 aliphatic carbocycles. The van der Waals surface area contributed by atoms with Crippen LogP contribution in [0.25, 0.3) is 0 Å². The lowest BCUT2D eigenvalue weighted by Crippen LogP contribution is -2.27. The topological polar surface area (TPSA) is 110 Å². The second kappa shape index (κ2) is 5.17. The molecule has 1 aromatic rings. The quantitative estimate of drug-likeness (QED) is 0.524. The van der Waals surface area contributed by atoms with Crippen LogP contribution in [-0.4, -0.2) is 27.8 Å². The molecule has 0 saturated heterocycles. The van der Waals surface area contributed by atoms with Crippen LogP contribution in [0, 0.1) is 22.9 Å². The second-order valence-corrected chi connectivity index (χ2v) is 3.67. The molecule has 6 nitrogen and oxygen atoms in total. The minimum absolute atomic E-state index is 0.144. The molecule has 94 valence electrons. The molecule has 0 heterocycles. The zero-order chi connectivity index (χ0) is 13.2. The molecule has 0 aliphatic rings. The highest BCUT2D eigenvalue weighted by atomic mass is 19.1. The fraction of sp³-hybridized carbons (Fsp3) is 0.400. The molecular weight excluding hydrogens is 231 g/mol. The molecule has 1 rings (SSSR count). The molecule has 0 saturated carbocycles. The second-order valence-electron chi connectivity index (χ2n) is 3.67. The maximum Gasteiger partial charge on any atom is 0.272 e. The van der Waals surface area contributed by atoms with Gasteiger partial charge < -0.3 is 15.9 Å². The maximum absolute atomic E-state index is 13.5. The molecule has 1 aromatic carbocycles. The molecule has 0 aromatic heterocycles. The fourth-order valence-electron chi connectivity index (χ4n) is 1.44. The predicted octanol–water partition coefficient (Wildman–Crippen LogP) is 0.395. The third-order valence-corrected chi connectivity index (χ3v) is 2.44. The van der Waals surface area contributed by atoms with Crippen molar-refractivity contribution in [2.45, 2.75) is 19.1 Å². The van der Waals surface area contributed by atoms with Gasteiger partial charge in [0, 0.05) is 23.7 Å². The van der Waals surface area contributed by atoms with Gasteiger partial charge in [0.25, 0.3) is 5.69 Å². The van der Waals surface area contributed by atoms with Crippen LogP contribution < -0.4 is 5.73 Å². The highest BCUT2D eigenvalue weighted by Gasteiger charge is 2.24. The van der Waals surface area contributed by atoms with Crippen LogP contribution >= 0.6 is 0 Å². The van der Waals surface area contributed by atoms with Crippen LogP contribution in [0.4, 0.5) is 10.1 Å². The molecule has 2 unspecified atom stereocenters. The first kappa shape index (κ1) is 13.5. The minimum atomic E-state index is -1.58. The summed E-state index contributed by atoms with van der Waals surface area (Å²) in [6, 6.07) is 1.86. The van der Waals surface area contributed by atoms with Gasteiger partial charge in [0.2, 0.25) is 0 Å². The summed E-state index contributed by atoms with van der Waals surface area (Å²) in [4.78, 5) is 9.98. The fourth-order valence-corrected chi connectivity index (χ4v) is 1.44. The van der Waals surface area contributed by atoms with E-state index in [0.29, 0.717) is 0 Å². The van der Waals surface area contributed by atoms with Crippen molar-refractivity contribution in [2.24, 2.45) is 5.73 Å². The molecule has 0 fully saturated rings. The number of nitro groups is 1. The Morgan fingerprint density at radius 1 is 1.53 bits per heavy atom. The summed E-state index contributed by atoms with van der Waals surface area (Å²) in [5, 5.41) is 29.5. The highest BCUT2D eigenvalue weighted by molar-refractivity contribution is 5.44. The Hall–Kier alpha value is -1.57. The van der Waals surface area contributed by atoms with Crippen LogP contribution in [0.2, 0.25) is 0 Å². The van der Waals surface area contributed by atoms with E-state index in [4.69, 9.17) is 5.73 Å². The lowest BCUT2D eigenvalue weighted by Gasteiger charge is -2.17. The van der Waals surface area contributed by atoms with Crippen molar-refractivity contribution in [1.82, 2.24) is 0 Å². The van der Waals surface area contributed by atoms with Crippen molar-refractivity contribution in [3.63, 3.8) is 0 Å². The average Bonchev–Trinajstić information content (AvgIpc) is 2.26. The van der Waals surface area contributed by atoms with E-state index in [1.807, 2.05) is 0 Å². The molecule has 0 radical (unpaired) electrons. The Labute approximate surface area is 96.6 Å². The van der Waals surface area contributed by atoms with E-state index in [-0.39, 0.29) is 23.4 Å². The van der Waals surface area contributed by atoms with Crippen molar-refractivity contribution in [1.29, 1.82) is 0 Å². The number of nitrogens with two attached hydrogens (primary N) is 1. The van der Waals surface area contributed by atoms with Crippen molar-refractivity contribution in [2.75, 3.05) is 6.54 Å². The normalized spacial score (nSPS) is 14.4. The van der Waals surface area contributed by atoms with Gasteiger partial charge in [-0.05, 0) is 13.0 Å². The largest absolute Gasteiger partial charge is 0.389 e. The van der Waals surface area contributed by atoms with Gasteiger partial charge in [-0.2, -0.15) is 0 Å². The number of aliphatic hydroxyl groups is 2. The summed E-state index contributed by atoms with van der Waals surface area (Å²) in [6.45, 7) is 1.11. The number of aryl methyl sites for hydroxylation is 1. The Morgan fingerprint density at radius 2 is 2.12 bits per heavy atom. The van der Waals surface area contributed by atoms with E-state index in [0.717, 1.165) is 12.1 Å². The van der Waals surface area contributed by atoms with Crippen molar-refractivity contribution >= 4 is 5.69 Å². The highest BCUT2D eigenvalue weighted by Crippen LogP contribution is 2.27. The molecule has 0 spiro atoms. The summed E-state index contributed by atoms with van der Waals surface area (Å²) >= 11 is 0. The van der Waals surface area contributed by atoms with Gasteiger partial charge in [-0.1, -0.05) is 0 Å². The third kappa shape index (κ3) is 2.76. The molecule has 17 heavy (non-hydrogen) atoms. The van der Waals surface area contributed by atoms with Gasteiger partial charge >= 0.3 is 0 Å². The van der Waals surface area contributed by atoms with Gasteiger partial charge in [0.1, 0.15) is 11.9 Å². The Kier molecular flexibility index (Phi) is 4.11. The summed E-state index contributed by atoms with van der Waals surface area (Å²) < 4.78 is 13.5. The first-order valence-corrected chi connectivity index (χ1v) is 4.89. The lowest BCUT2D eigenvalue weighted by atomic mass is 10.0. The number of rotatable bonds is 4.